The van der Waals surface area contributed by atoms with Crippen molar-refractivity contribution in [1.29, 1.82) is 0 Å². The van der Waals surface area contributed by atoms with Gasteiger partial charge in [0.15, 0.2) is 0 Å². The first-order chi connectivity index (χ1) is 9.54. The van der Waals surface area contributed by atoms with E-state index in [4.69, 9.17) is 11.5 Å². The number of nitrogens with one attached hydrogen (secondary N) is 2. The summed E-state index contributed by atoms with van der Waals surface area (Å²) in [6.07, 6.45) is 5.74. The lowest BCUT2D eigenvalue weighted by Crippen LogP contribution is -2.25. The van der Waals surface area contributed by atoms with Gasteiger partial charge in [0, 0.05) is 13.1 Å². The number of hydrogen-bond acceptors (Lipinski definition) is 5. The second-order valence-electron chi connectivity index (χ2n) is 4.97. The first kappa shape index (κ1) is 14.6. The molecule has 0 bridgehead atoms. The van der Waals surface area contributed by atoms with Crippen LogP contribution in [-0.4, -0.2) is 24.9 Å². The molecule has 1 aliphatic carbocycles. The van der Waals surface area contributed by atoms with Crippen LogP contribution in [0.3, 0.4) is 0 Å². The summed E-state index contributed by atoms with van der Waals surface area (Å²) in [5.41, 5.74) is 11.7. The standard InChI is InChI=1S/C13H20N4O2S/c1-16-12(19)8-9(14)10(11(15)18)20-13(8)17-7-5-3-2-4-6-7/h7,17H,2-6,14H2,1H3,(H2,15,18)(H,16,19). The maximum Gasteiger partial charge on any atom is 0.260 e. The molecule has 1 aliphatic rings. The molecular weight excluding hydrogens is 276 g/mol. The van der Waals surface area contributed by atoms with Crippen LogP contribution in [-0.2, 0) is 0 Å². The van der Waals surface area contributed by atoms with Crippen LogP contribution in [0.5, 0.6) is 0 Å². The van der Waals surface area contributed by atoms with Crippen molar-refractivity contribution in [3.8, 4) is 0 Å². The van der Waals surface area contributed by atoms with Crippen molar-refractivity contribution >= 4 is 33.8 Å². The third kappa shape index (κ3) is 2.87. The fourth-order valence-electron chi connectivity index (χ4n) is 2.51. The van der Waals surface area contributed by atoms with Gasteiger partial charge in [0.2, 0.25) is 0 Å². The van der Waals surface area contributed by atoms with E-state index in [0.717, 1.165) is 24.2 Å². The zero-order chi connectivity index (χ0) is 14.7. The first-order valence-electron chi connectivity index (χ1n) is 6.75. The maximum atomic E-state index is 12.0. The second-order valence-corrected chi connectivity index (χ2v) is 5.99. The molecule has 0 atom stereocenters. The van der Waals surface area contributed by atoms with Gasteiger partial charge in [-0.2, -0.15) is 0 Å². The van der Waals surface area contributed by atoms with E-state index < -0.39 is 5.91 Å². The number of anilines is 2. The Morgan fingerprint density at radius 3 is 2.45 bits per heavy atom. The normalized spacial score (nSPS) is 15.8. The molecule has 0 spiro atoms. The van der Waals surface area contributed by atoms with E-state index in [2.05, 4.69) is 10.6 Å². The van der Waals surface area contributed by atoms with Crippen LogP contribution in [0.15, 0.2) is 0 Å². The predicted octanol–water partition coefficient (Wildman–Crippen LogP) is 1.53. The molecule has 0 unspecified atom stereocenters. The molecular formula is C13H20N4O2S. The Hall–Kier alpha value is -1.76. The van der Waals surface area contributed by atoms with Crippen molar-refractivity contribution in [3.63, 3.8) is 0 Å². The molecule has 7 heteroatoms. The summed E-state index contributed by atoms with van der Waals surface area (Å²) in [7, 11) is 1.54. The van der Waals surface area contributed by atoms with E-state index >= 15 is 0 Å². The van der Waals surface area contributed by atoms with Crippen LogP contribution >= 0.6 is 11.3 Å². The molecule has 1 fully saturated rings. The number of primary amides is 1. The van der Waals surface area contributed by atoms with Crippen LogP contribution in [0.25, 0.3) is 0 Å². The molecule has 110 valence electrons. The fraction of sp³-hybridized carbons (Fsp3) is 0.538. The van der Waals surface area contributed by atoms with Gasteiger partial charge >= 0.3 is 0 Å². The van der Waals surface area contributed by atoms with Crippen molar-refractivity contribution in [2.75, 3.05) is 18.1 Å². The van der Waals surface area contributed by atoms with E-state index in [-0.39, 0.29) is 16.5 Å². The molecule has 1 aromatic rings. The third-order valence-corrected chi connectivity index (χ3v) is 4.71. The minimum absolute atomic E-state index is 0.167. The predicted molar refractivity (Wildman–Crippen MR) is 81.1 cm³/mol. The van der Waals surface area contributed by atoms with E-state index in [0.29, 0.717) is 16.6 Å². The summed E-state index contributed by atoms with van der Waals surface area (Å²) in [5.74, 6) is -0.904. The molecule has 2 amide bonds. The molecule has 6 nitrogen and oxygen atoms in total. The average molecular weight is 296 g/mol. The Labute approximate surface area is 121 Å². The van der Waals surface area contributed by atoms with E-state index in [1.165, 1.54) is 26.3 Å². The summed E-state index contributed by atoms with van der Waals surface area (Å²) >= 11 is 1.16. The highest BCUT2D eigenvalue weighted by atomic mass is 32.1. The summed E-state index contributed by atoms with van der Waals surface area (Å²) in [4.78, 5) is 23.6. The number of hydrogen-bond donors (Lipinski definition) is 4. The summed E-state index contributed by atoms with van der Waals surface area (Å²) in [5, 5.41) is 6.54. The van der Waals surface area contributed by atoms with Gasteiger partial charge in [-0.3, -0.25) is 9.59 Å². The van der Waals surface area contributed by atoms with Gasteiger partial charge in [-0.15, -0.1) is 11.3 Å². The van der Waals surface area contributed by atoms with E-state index in [9.17, 15) is 9.59 Å². The maximum absolute atomic E-state index is 12.0. The Kier molecular flexibility index (Phi) is 4.49. The van der Waals surface area contributed by atoms with Crippen LogP contribution in [0.1, 0.15) is 52.1 Å². The molecule has 1 saturated carbocycles. The molecule has 6 N–H and O–H groups in total. The largest absolute Gasteiger partial charge is 0.397 e. The molecule has 1 heterocycles. The van der Waals surface area contributed by atoms with Gasteiger partial charge in [0.05, 0.1) is 11.3 Å². The zero-order valence-corrected chi connectivity index (χ0v) is 12.3. The van der Waals surface area contributed by atoms with Gasteiger partial charge in [0.1, 0.15) is 9.88 Å². The molecule has 0 radical (unpaired) electrons. The highest BCUT2D eigenvalue weighted by molar-refractivity contribution is 7.19. The lowest BCUT2D eigenvalue weighted by Gasteiger charge is -2.23. The lowest BCUT2D eigenvalue weighted by atomic mass is 9.95. The number of carbonyl (C=O) groups is 2. The number of carbonyl (C=O) groups excluding carboxylic acids is 2. The lowest BCUT2D eigenvalue weighted by molar-refractivity contribution is 0.0964. The quantitative estimate of drug-likeness (QED) is 0.675. The number of rotatable bonds is 4. The first-order valence-corrected chi connectivity index (χ1v) is 7.57. The number of amides is 2. The Morgan fingerprint density at radius 1 is 1.25 bits per heavy atom. The summed E-state index contributed by atoms with van der Waals surface area (Å²) in [6, 6.07) is 0.325. The van der Waals surface area contributed by atoms with Gasteiger partial charge in [0.25, 0.3) is 11.8 Å². The Balaban J connectivity index is 2.32. The van der Waals surface area contributed by atoms with Crippen molar-refractivity contribution in [3.05, 3.63) is 10.4 Å². The fourth-order valence-corrected chi connectivity index (χ4v) is 3.56. The Bertz CT molecular complexity index is 521. The molecule has 0 saturated heterocycles. The number of nitrogens with two attached hydrogens (primary N) is 2. The number of nitrogen functional groups attached to an aromatic ring is 1. The molecule has 1 aromatic heterocycles. The van der Waals surface area contributed by atoms with Crippen molar-refractivity contribution in [2.45, 2.75) is 38.1 Å². The van der Waals surface area contributed by atoms with E-state index in [1.54, 1.807) is 0 Å². The van der Waals surface area contributed by atoms with Crippen LogP contribution in [0, 0.1) is 0 Å². The smallest absolute Gasteiger partial charge is 0.260 e. The monoisotopic (exact) mass is 296 g/mol. The third-order valence-electron chi connectivity index (χ3n) is 3.56. The summed E-state index contributed by atoms with van der Waals surface area (Å²) < 4.78 is 0. The van der Waals surface area contributed by atoms with Gasteiger partial charge < -0.3 is 22.1 Å². The topological polar surface area (TPSA) is 110 Å². The molecule has 0 aliphatic heterocycles. The summed E-state index contributed by atoms with van der Waals surface area (Å²) in [6.45, 7) is 0. The average Bonchev–Trinajstić information content (AvgIpc) is 2.76. The van der Waals surface area contributed by atoms with E-state index in [1.807, 2.05) is 0 Å². The molecule has 0 aromatic carbocycles. The van der Waals surface area contributed by atoms with Gasteiger partial charge in [-0.1, -0.05) is 19.3 Å². The highest BCUT2D eigenvalue weighted by Crippen LogP contribution is 2.37. The minimum atomic E-state index is -0.602. The molecule has 20 heavy (non-hydrogen) atoms. The van der Waals surface area contributed by atoms with Crippen molar-refractivity contribution in [1.82, 2.24) is 5.32 Å². The second kappa shape index (κ2) is 6.13. The van der Waals surface area contributed by atoms with Gasteiger partial charge in [-0.25, -0.2) is 0 Å². The van der Waals surface area contributed by atoms with Crippen LogP contribution in [0.2, 0.25) is 0 Å². The minimum Gasteiger partial charge on any atom is -0.397 e. The van der Waals surface area contributed by atoms with Crippen LogP contribution < -0.4 is 22.1 Å². The van der Waals surface area contributed by atoms with Crippen molar-refractivity contribution in [2.24, 2.45) is 5.73 Å². The Morgan fingerprint density at radius 2 is 1.90 bits per heavy atom. The highest BCUT2D eigenvalue weighted by Gasteiger charge is 2.25. The van der Waals surface area contributed by atoms with Gasteiger partial charge in [-0.05, 0) is 12.8 Å². The number of thiophene rings is 1. The van der Waals surface area contributed by atoms with Crippen molar-refractivity contribution < 1.29 is 9.59 Å². The van der Waals surface area contributed by atoms with Crippen LogP contribution in [0.4, 0.5) is 10.7 Å². The SMILES string of the molecule is CNC(=O)c1c(NC2CCCCC2)sc(C(N)=O)c1N. The molecule has 2 rings (SSSR count). The zero-order valence-electron chi connectivity index (χ0n) is 11.5.